The van der Waals surface area contributed by atoms with Gasteiger partial charge >= 0.3 is 0 Å². The Morgan fingerprint density at radius 3 is 2.20 bits per heavy atom. The molecular weight excluding hydrogens is 383 g/mol. The van der Waals surface area contributed by atoms with Gasteiger partial charge in [-0.25, -0.2) is 0 Å². The van der Waals surface area contributed by atoms with Crippen LogP contribution in [0.4, 0.5) is 0 Å². The van der Waals surface area contributed by atoms with E-state index in [1.807, 2.05) is 18.2 Å². The van der Waals surface area contributed by atoms with Crippen molar-refractivity contribution in [1.82, 2.24) is 0 Å². The summed E-state index contributed by atoms with van der Waals surface area (Å²) in [6.07, 6.45) is 0. The van der Waals surface area contributed by atoms with Crippen molar-refractivity contribution in [3.8, 4) is 21.9 Å². The summed E-state index contributed by atoms with van der Waals surface area (Å²) in [7, 11) is 3.38. The van der Waals surface area contributed by atoms with E-state index in [2.05, 4.69) is 46.9 Å². The number of benzene rings is 2. The molecule has 0 radical (unpaired) electrons. The normalized spacial score (nSPS) is 10.8. The topological polar surface area (TPSA) is 18.5 Å². The molecule has 0 amide bonds. The molecule has 0 saturated carbocycles. The molecule has 102 valence electrons. The third-order valence-electron chi connectivity index (χ3n) is 3.19. The number of hydrogen-bond donors (Lipinski definition) is 0. The smallest absolute Gasteiger partial charge is 0.119 e. The Bertz CT molecular complexity index is 747. The number of rotatable bonds is 3. The van der Waals surface area contributed by atoms with Crippen LogP contribution in [0.25, 0.3) is 20.5 Å². The minimum atomic E-state index is 0.881. The van der Waals surface area contributed by atoms with Gasteiger partial charge in [-0.3, -0.25) is 0 Å². The van der Waals surface area contributed by atoms with Crippen LogP contribution in [0.15, 0.2) is 42.5 Å². The van der Waals surface area contributed by atoms with Crippen LogP contribution in [0.2, 0.25) is 0 Å². The molecule has 20 heavy (non-hydrogen) atoms. The van der Waals surface area contributed by atoms with Gasteiger partial charge in [0.1, 0.15) is 11.5 Å². The van der Waals surface area contributed by atoms with Crippen molar-refractivity contribution in [2.24, 2.45) is 0 Å². The van der Waals surface area contributed by atoms with E-state index in [1.165, 1.54) is 24.1 Å². The molecule has 0 aliphatic rings. The molecule has 0 saturated heterocycles. The maximum Gasteiger partial charge on any atom is 0.119 e. The van der Waals surface area contributed by atoms with Gasteiger partial charge in [0.25, 0.3) is 0 Å². The van der Waals surface area contributed by atoms with E-state index in [4.69, 9.17) is 9.47 Å². The number of thiophene rings is 1. The molecule has 0 N–H and O–H groups in total. The third kappa shape index (κ3) is 2.38. The second-order valence-corrected chi connectivity index (χ2v) is 6.47. The maximum atomic E-state index is 5.31. The molecular formula is C16H13IO2S. The predicted molar refractivity (Wildman–Crippen MR) is 93.1 cm³/mol. The molecule has 2 aromatic carbocycles. The quantitative estimate of drug-likeness (QED) is 0.568. The van der Waals surface area contributed by atoms with Crippen molar-refractivity contribution in [2.75, 3.05) is 14.2 Å². The number of fused-ring (bicyclic) bond motifs is 1. The summed E-state index contributed by atoms with van der Waals surface area (Å²) in [4.78, 5) is 1.29. The highest BCUT2D eigenvalue weighted by Crippen LogP contribution is 2.41. The van der Waals surface area contributed by atoms with E-state index in [9.17, 15) is 0 Å². The van der Waals surface area contributed by atoms with E-state index in [0.717, 1.165) is 11.5 Å². The summed E-state index contributed by atoms with van der Waals surface area (Å²) in [6, 6.07) is 14.4. The zero-order valence-corrected chi connectivity index (χ0v) is 14.1. The average Bonchev–Trinajstić information content (AvgIpc) is 2.84. The van der Waals surface area contributed by atoms with Crippen LogP contribution >= 0.6 is 33.9 Å². The van der Waals surface area contributed by atoms with Gasteiger partial charge in [-0.15, -0.1) is 11.3 Å². The highest BCUT2D eigenvalue weighted by molar-refractivity contribution is 14.1. The second-order valence-electron chi connectivity index (χ2n) is 4.34. The van der Waals surface area contributed by atoms with Crippen LogP contribution in [0.1, 0.15) is 0 Å². The fourth-order valence-electron chi connectivity index (χ4n) is 2.10. The van der Waals surface area contributed by atoms with Gasteiger partial charge in [-0.1, -0.05) is 0 Å². The van der Waals surface area contributed by atoms with Crippen molar-refractivity contribution < 1.29 is 9.47 Å². The highest BCUT2D eigenvalue weighted by atomic mass is 127. The predicted octanol–water partition coefficient (Wildman–Crippen LogP) is 5.19. The first-order chi connectivity index (χ1) is 9.72. The SMILES string of the molecule is COc1ccc(-c2sc3ccc(OC)cc3c2I)cc1. The lowest BCUT2D eigenvalue weighted by Gasteiger charge is -2.02. The number of methoxy groups -OCH3 is 2. The minimum Gasteiger partial charge on any atom is -0.497 e. The molecule has 0 bridgehead atoms. The zero-order valence-electron chi connectivity index (χ0n) is 11.1. The summed E-state index contributed by atoms with van der Waals surface area (Å²) >= 11 is 4.22. The molecule has 0 atom stereocenters. The molecule has 1 heterocycles. The van der Waals surface area contributed by atoms with Crippen molar-refractivity contribution in [1.29, 1.82) is 0 Å². The fraction of sp³-hybridized carbons (Fsp3) is 0.125. The Morgan fingerprint density at radius 2 is 1.55 bits per heavy atom. The van der Waals surface area contributed by atoms with Gasteiger partial charge in [0.15, 0.2) is 0 Å². The van der Waals surface area contributed by atoms with Gasteiger partial charge in [0.2, 0.25) is 0 Å². The number of halogens is 1. The minimum absolute atomic E-state index is 0.881. The molecule has 0 spiro atoms. The van der Waals surface area contributed by atoms with Crippen LogP contribution in [0.3, 0.4) is 0 Å². The maximum absolute atomic E-state index is 5.31. The molecule has 0 aliphatic carbocycles. The summed E-state index contributed by atoms with van der Waals surface area (Å²) in [5.74, 6) is 1.78. The van der Waals surface area contributed by atoms with Crippen molar-refractivity contribution >= 4 is 44.0 Å². The number of ether oxygens (including phenoxy) is 2. The van der Waals surface area contributed by atoms with Crippen LogP contribution in [-0.2, 0) is 0 Å². The Morgan fingerprint density at radius 1 is 0.900 bits per heavy atom. The standard InChI is InChI=1S/C16H13IO2S/c1-18-11-5-3-10(4-6-11)16-15(17)13-9-12(19-2)7-8-14(13)20-16/h3-9H,1-2H3. The molecule has 1 aromatic heterocycles. The van der Waals surface area contributed by atoms with Gasteiger partial charge in [0.05, 0.1) is 14.2 Å². The number of hydrogen-bond acceptors (Lipinski definition) is 3. The Kier molecular flexibility index (Phi) is 3.85. The second kappa shape index (κ2) is 5.61. The molecule has 3 aromatic rings. The van der Waals surface area contributed by atoms with Crippen LogP contribution in [0, 0.1) is 3.57 Å². The molecule has 3 rings (SSSR count). The lowest BCUT2D eigenvalue weighted by atomic mass is 10.1. The van der Waals surface area contributed by atoms with Crippen LogP contribution in [-0.4, -0.2) is 14.2 Å². The molecule has 0 aliphatic heterocycles. The Balaban J connectivity index is 2.13. The van der Waals surface area contributed by atoms with E-state index >= 15 is 0 Å². The summed E-state index contributed by atoms with van der Waals surface area (Å²) < 4.78 is 13.1. The van der Waals surface area contributed by atoms with Crippen LogP contribution < -0.4 is 9.47 Å². The van der Waals surface area contributed by atoms with E-state index in [0.29, 0.717) is 0 Å². The Hall–Kier alpha value is -1.27. The first-order valence-electron chi connectivity index (χ1n) is 6.13. The average molecular weight is 396 g/mol. The molecule has 0 unspecified atom stereocenters. The van der Waals surface area contributed by atoms with Crippen molar-refractivity contribution in [3.63, 3.8) is 0 Å². The largest absolute Gasteiger partial charge is 0.497 e. The third-order valence-corrected chi connectivity index (χ3v) is 5.89. The first-order valence-corrected chi connectivity index (χ1v) is 8.03. The van der Waals surface area contributed by atoms with Gasteiger partial charge in [0, 0.05) is 18.5 Å². The van der Waals surface area contributed by atoms with Gasteiger partial charge < -0.3 is 9.47 Å². The summed E-state index contributed by atoms with van der Waals surface area (Å²) in [5, 5.41) is 1.25. The van der Waals surface area contributed by atoms with Crippen LogP contribution in [0.5, 0.6) is 11.5 Å². The summed E-state index contributed by atoms with van der Waals surface area (Å²) in [6.45, 7) is 0. The zero-order chi connectivity index (χ0) is 14.1. The van der Waals surface area contributed by atoms with Gasteiger partial charge in [-0.05, 0) is 70.6 Å². The van der Waals surface area contributed by atoms with Crippen molar-refractivity contribution in [3.05, 3.63) is 46.0 Å². The Labute approximate surface area is 135 Å². The van der Waals surface area contributed by atoms with E-state index in [-0.39, 0.29) is 0 Å². The monoisotopic (exact) mass is 396 g/mol. The molecule has 0 fully saturated rings. The first kappa shape index (κ1) is 13.7. The van der Waals surface area contributed by atoms with E-state index in [1.54, 1.807) is 25.6 Å². The molecule has 2 nitrogen and oxygen atoms in total. The molecule has 4 heteroatoms. The van der Waals surface area contributed by atoms with Crippen molar-refractivity contribution in [2.45, 2.75) is 0 Å². The van der Waals surface area contributed by atoms with Gasteiger partial charge in [-0.2, -0.15) is 0 Å². The lowest BCUT2D eigenvalue weighted by Crippen LogP contribution is -1.82. The highest BCUT2D eigenvalue weighted by Gasteiger charge is 2.12. The lowest BCUT2D eigenvalue weighted by molar-refractivity contribution is 0.415. The van der Waals surface area contributed by atoms with E-state index < -0.39 is 0 Å². The summed E-state index contributed by atoms with van der Waals surface area (Å²) in [5.41, 5.74) is 1.22. The fourth-order valence-corrected chi connectivity index (χ4v) is 4.45.